The minimum Gasteiger partial charge on any atom is -0.548 e. The molecule has 1 N–H and O–H groups in total. The average Bonchev–Trinajstić information content (AvgIpc) is 2.77. The van der Waals surface area contributed by atoms with Crippen molar-refractivity contribution in [2.45, 2.75) is 55.9 Å². The number of unbranched alkanes of at least 4 members (excludes halogenated alkanes) is 1. The fourth-order valence-corrected chi connectivity index (χ4v) is 3.23. The molecule has 1 saturated heterocycles. The molecule has 1 aliphatic rings. The molecule has 0 saturated carbocycles. The Balaban J connectivity index is 0.00000400. The van der Waals surface area contributed by atoms with Crippen molar-refractivity contribution in [3.63, 3.8) is 0 Å². The van der Waals surface area contributed by atoms with Gasteiger partial charge in [0.1, 0.15) is 0 Å². The Bertz CT molecular complexity index is 346. The number of carbonyl (C=O) groups excluding carboxylic acids is 2. The van der Waals surface area contributed by atoms with Crippen molar-refractivity contribution in [3.05, 3.63) is 0 Å². The van der Waals surface area contributed by atoms with E-state index < -0.39 is 18.1 Å². The van der Waals surface area contributed by atoms with E-state index in [0.717, 1.165) is 25.0 Å². The molecule has 0 aromatic rings. The van der Waals surface area contributed by atoms with E-state index in [9.17, 15) is 19.8 Å². The zero-order valence-electron chi connectivity index (χ0n) is 12.4. The number of likely N-dealkylation sites (tertiary alicyclic amines) is 1. The average molecular weight is 343 g/mol. The summed E-state index contributed by atoms with van der Waals surface area (Å²) in [4.78, 5) is 24.1. The molecule has 1 unspecified atom stereocenters. The number of nitrogens with zero attached hydrogens (tertiary/aromatic N) is 1. The van der Waals surface area contributed by atoms with Crippen LogP contribution >= 0.6 is 25.3 Å². The Kier molecular flexibility index (Phi) is 11.5. The molecule has 0 aromatic heterocycles. The Hall–Kier alpha value is 0.600. The van der Waals surface area contributed by atoms with Gasteiger partial charge < -0.3 is 19.9 Å². The number of rotatable bonds is 8. The minimum atomic E-state index is -1.29. The largest absolute Gasteiger partial charge is 1.00 e. The third kappa shape index (κ3) is 7.61. The van der Waals surface area contributed by atoms with Crippen molar-refractivity contribution in [1.29, 1.82) is 0 Å². The van der Waals surface area contributed by atoms with E-state index in [1.165, 1.54) is 4.90 Å². The van der Waals surface area contributed by atoms with Gasteiger partial charge in [0, 0.05) is 24.6 Å². The Labute approximate surface area is 159 Å². The number of carboxylic acids is 1. The molecule has 8 heteroatoms. The number of β-amino-alcohol motifs (C(OH)–C–C–N with tert-alkyl or cyclic N) is 1. The first-order valence-electron chi connectivity index (χ1n) is 6.93. The molecule has 0 aromatic carbocycles. The molecule has 21 heavy (non-hydrogen) atoms. The van der Waals surface area contributed by atoms with E-state index in [-0.39, 0.29) is 48.4 Å². The summed E-state index contributed by atoms with van der Waals surface area (Å²) in [7, 11) is 0. The maximum Gasteiger partial charge on any atom is 1.00 e. The van der Waals surface area contributed by atoms with E-state index in [2.05, 4.69) is 25.3 Å². The first-order chi connectivity index (χ1) is 9.45. The first kappa shape index (κ1) is 21.6. The second-order valence-electron chi connectivity index (χ2n) is 5.18. The van der Waals surface area contributed by atoms with Crippen molar-refractivity contribution >= 4 is 37.1 Å². The Morgan fingerprint density at radius 3 is 2.57 bits per heavy atom. The van der Waals surface area contributed by atoms with Gasteiger partial charge in [-0.1, -0.05) is 6.42 Å². The number of hydrogen-bond acceptors (Lipinski definition) is 6. The Morgan fingerprint density at radius 2 is 2.00 bits per heavy atom. The number of amides is 1. The van der Waals surface area contributed by atoms with Crippen molar-refractivity contribution in [1.82, 2.24) is 4.90 Å². The molecule has 0 spiro atoms. The molecule has 1 fully saturated rings. The summed E-state index contributed by atoms with van der Waals surface area (Å²) in [5.74, 6) is -0.716. The van der Waals surface area contributed by atoms with Crippen LogP contribution in [-0.4, -0.2) is 51.6 Å². The van der Waals surface area contributed by atoms with Gasteiger partial charge in [0.05, 0.1) is 18.1 Å². The van der Waals surface area contributed by atoms with Crippen LogP contribution in [0.5, 0.6) is 0 Å². The summed E-state index contributed by atoms with van der Waals surface area (Å²) in [5.41, 5.74) is 0. The molecule has 1 aliphatic heterocycles. The van der Waals surface area contributed by atoms with Crippen LogP contribution in [0.2, 0.25) is 0 Å². The number of carbonyl (C=O) groups is 2. The van der Waals surface area contributed by atoms with Gasteiger partial charge >= 0.3 is 29.6 Å². The van der Waals surface area contributed by atoms with Crippen LogP contribution in [-0.2, 0) is 9.59 Å². The van der Waals surface area contributed by atoms with Gasteiger partial charge in [-0.05, 0) is 25.0 Å². The second kappa shape index (κ2) is 11.2. The summed E-state index contributed by atoms with van der Waals surface area (Å²) < 4.78 is 0. The Morgan fingerprint density at radius 1 is 1.33 bits per heavy atom. The van der Waals surface area contributed by atoms with Crippen LogP contribution in [0.4, 0.5) is 0 Å². The first-order valence-corrected chi connectivity index (χ1v) is 8.08. The van der Waals surface area contributed by atoms with Crippen LogP contribution in [0.3, 0.4) is 0 Å². The predicted molar refractivity (Wildman–Crippen MR) is 80.8 cm³/mol. The van der Waals surface area contributed by atoms with E-state index >= 15 is 0 Å². The van der Waals surface area contributed by atoms with Gasteiger partial charge in [-0.3, -0.25) is 4.79 Å². The van der Waals surface area contributed by atoms with Crippen molar-refractivity contribution in [2.24, 2.45) is 0 Å². The predicted octanol–water partition coefficient (Wildman–Crippen LogP) is -3.12. The van der Waals surface area contributed by atoms with Gasteiger partial charge in [-0.15, -0.1) is 0 Å². The zero-order valence-corrected chi connectivity index (χ0v) is 16.2. The van der Waals surface area contributed by atoms with E-state index in [1.807, 2.05) is 0 Å². The summed E-state index contributed by atoms with van der Waals surface area (Å²) >= 11 is 8.55. The molecule has 116 valence electrons. The molecule has 1 amide bonds. The van der Waals surface area contributed by atoms with Gasteiger partial charge in [0.25, 0.3) is 0 Å². The monoisotopic (exact) mass is 343 g/mol. The molecule has 5 nitrogen and oxygen atoms in total. The molecular formula is C13H22NNaO4S2. The minimum absolute atomic E-state index is 0. The number of thiol groups is 2. The number of aliphatic hydroxyl groups excluding tert-OH is 1. The number of carboxylic acid groups (broad SMARTS) is 1. The van der Waals surface area contributed by atoms with Gasteiger partial charge in [0.15, 0.2) is 0 Å². The van der Waals surface area contributed by atoms with Crippen molar-refractivity contribution in [2.75, 3.05) is 12.3 Å². The maximum absolute atomic E-state index is 12.0. The smallest absolute Gasteiger partial charge is 0.548 e. The topological polar surface area (TPSA) is 80.7 Å². The third-order valence-electron chi connectivity index (χ3n) is 3.51. The molecule has 0 bridgehead atoms. The molecule has 0 radical (unpaired) electrons. The molecule has 1 heterocycles. The van der Waals surface area contributed by atoms with Crippen molar-refractivity contribution in [3.8, 4) is 0 Å². The SMILES string of the molecule is O=C([O-])[C@@H]1C[C@@H](O)CN1C(=O)CCCCC(S)CCS.[Na+]. The van der Waals surface area contributed by atoms with E-state index in [0.29, 0.717) is 18.1 Å². The fourth-order valence-electron chi connectivity index (χ4n) is 2.41. The maximum atomic E-state index is 12.0. The van der Waals surface area contributed by atoms with Gasteiger partial charge in [-0.2, -0.15) is 25.3 Å². The number of hydrogen-bond donors (Lipinski definition) is 3. The summed E-state index contributed by atoms with van der Waals surface area (Å²) in [6, 6.07) is -0.987. The quantitative estimate of drug-likeness (QED) is 0.248. The molecule has 3 atom stereocenters. The zero-order chi connectivity index (χ0) is 15.1. The summed E-state index contributed by atoms with van der Waals surface area (Å²) in [6.45, 7) is 0.0896. The van der Waals surface area contributed by atoms with E-state index in [4.69, 9.17) is 0 Å². The van der Waals surface area contributed by atoms with Crippen LogP contribution < -0.4 is 34.7 Å². The molecule has 1 rings (SSSR count). The standard InChI is InChI=1S/C13H23NO4S2.Na/c15-9-7-11(13(17)18)14(8-9)12(16)4-2-1-3-10(20)5-6-19;/h9-11,15,19-20H,1-8H2,(H,17,18);/q;+1/p-1/t9-,10?,11+;/m1./s1. The van der Waals surface area contributed by atoms with Crippen LogP contribution in [0, 0.1) is 0 Å². The normalized spacial score (nSPS) is 22.7. The summed E-state index contributed by atoms with van der Waals surface area (Å²) in [5, 5.41) is 20.7. The van der Waals surface area contributed by atoms with Crippen LogP contribution in [0.25, 0.3) is 0 Å². The fraction of sp³-hybridized carbons (Fsp3) is 0.846. The van der Waals surface area contributed by atoms with Crippen LogP contribution in [0.15, 0.2) is 0 Å². The van der Waals surface area contributed by atoms with Crippen molar-refractivity contribution < 1.29 is 49.4 Å². The van der Waals surface area contributed by atoms with Gasteiger partial charge in [-0.25, -0.2) is 0 Å². The number of aliphatic carboxylic acids is 1. The second-order valence-corrected chi connectivity index (χ2v) is 6.36. The summed E-state index contributed by atoms with van der Waals surface area (Å²) in [6.07, 6.45) is 3.04. The van der Waals surface area contributed by atoms with Crippen LogP contribution in [0.1, 0.15) is 38.5 Å². The number of aliphatic hydroxyl groups is 1. The van der Waals surface area contributed by atoms with E-state index in [1.54, 1.807) is 0 Å². The van der Waals surface area contributed by atoms with Gasteiger partial charge in [0.2, 0.25) is 5.91 Å². The third-order valence-corrected chi connectivity index (χ3v) is 4.29. The molecule has 0 aliphatic carbocycles. The molecular weight excluding hydrogens is 321 g/mol.